The van der Waals surface area contributed by atoms with E-state index in [1.165, 1.54) is 0 Å². The molecule has 1 rings (SSSR count). The Morgan fingerprint density at radius 1 is 1.29 bits per heavy atom. The normalized spacial score (nSPS) is 18.8. The fourth-order valence-corrected chi connectivity index (χ4v) is 1.76. The van der Waals surface area contributed by atoms with Crippen LogP contribution in [-0.4, -0.2) is 50.2 Å². The number of esters is 1. The van der Waals surface area contributed by atoms with Gasteiger partial charge in [0.25, 0.3) is 0 Å². The predicted molar refractivity (Wildman–Crippen MR) is 69.0 cm³/mol. The molecule has 0 amide bonds. The van der Waals surface area contributed by atoms with Gasteiger partial charge in [-0.05, 0) is 31.3 Å². The first kappa shape index (κ1) is 14.5. The average Bonchev–Trinajstić information content (AvgIpc) is 2.44. The predicted octanol–water partition coefficient (Wildman–Crippen LogP) is 1.26. The van der Waals surface area contributed by atoms with Crippen molar-refractivity contribution in [3.8, 4) is 0 Å². The summed E-state index contributed by atoms with van der Waals surface area (Å²) in [7, 11) is 0. The van der Waals surface area contributed by atoms with E-state index >= 15 is 0 Å². The van der Waals surface area contributed by atoms with Crippen LogP contribution in [0.1, 0.15) is 33.6 Å². The molecule has 1 heterocycles. The second-order valence-electron chi connectivity index (χ2n) is 5.91. The van der Waals surface area contributed by atoms with Crippen molar-refractivity contribution in [2.45, 2.75) is 33.6 Å². The summed E-state index contributed by atoms with van der Waals surface area (Å²) in [4.78, 5) is 13.8. The van der Waals surface area contributed by atoms with Gasteiger partial charge in [0.15, 0.2) is 0 Å². The van der Waals surface area contributed by atoms with E-state index in [1.54, 1.807) is 0 Å². The van der Waals surface area contributed by atoms with Crippen molar-refractivity contribution in [1.29, 1.82) is 0 Å². The lowest BCUT2D eigenvalue weighted by Gasteiger charge is -2.20. The van der Waals surface area contributed by atoms with Crippen LogP contribution < -0.4 is 5.32 Å². The molecule has 0 aromatic heterocycles. The van der Waals surface area contributed by atoms with E-state index < -0.39 is 0 Å². The second-order valence-corrected chi connectivity index (χ2v) is 5.91. The quantitative estimate of drug-likeness (QED) is 0.754. The number of hydrogen-bond donors (Lipinski definition) is 1. The van der Waals surface area contributed by atoms with Crippen LogP contribution in [0.3, 0.4) is 0 Å². The molecule has 0 saturated carbocycles. The molecule has 0 radical (unpaired) electrons. The van der Waals surface area contributed by atoms with E-state index in [4.69, 9.17) is 4.74 Å². The van der Waals surface area contributed by atoms with Crippen molar-refractivity contribution in [2.24, 2.45) is 5.41 Å². The van der Waals surface area contributed by atoms with Gasteiger partial charge in [0.2, 0.25) is 0 Å². The Bertz CT molecular complexity index is 228. The maximum absolute atomic E-state index is 11.6. The fourth-order valence-electron chi connectivity index (χ4n) is 1.76. The topological polar surface area (TPSA) is 41.6 Å². The zero-order valence-electron chi connectivity index (χ0n) is 11.4. The number of nitrogens with one attached hydrogen (secondary N) is 1. The molecule has 1 N–H and O–H groups in total. The molecular formula is C13H26N2O2. The number of rotatable bonds is 4. The van der Waals surface area contributed by atoms with E-state index in [-0.39, 0.29) is 11.4 Å². The Kier molecular flexibility index (Phi) is 5.92. The van der Waals surface area contributed by atoms with Gasteiger partial charge in [0.05, 0.1) is 13.2 Å². The van der Waals surface area contributed by atoms with Gasteiger partial charge in [-0.1, -0.05) is 20.8 Å². The molecule has 17 heavy (non-hydrogen) atoms. The van der Waals surface area contributed by atoms with Gasteiger partial charge in [-0.2, -0.15) is 0 Å². The Hall–Kier alpha value is -0.610. The SMILES string of the molecule is CC(C)(C)CCOC(=O)CN1CCCNCC1. The third-order valence-electron chi connectivity index (χ3n) is 2.90. The summed E-state index contributed by atoms with van der Waals surface area (Å²) in [6.07, 6.45) is 2.02. The molecule has 0 spiro atoms. The first-order valence-corrected chi connectivity index (χ1v) is 6.56. The summed E-state index contributed by atoms with van der Waals surface area (Å²) in [6, 6.07) is 0. The number of hydrogen-bond acceptors (Lipinski definition) is 4. The molecule has 4 nitrogen and oxygen atoms in total. The summed E-state index contributed by atoms with van der Waals surface area (Å²) in [5.74, 6) is -0.0869. The highest BCUT2D eigenvalue weighted by atomic mass is 16.5. The molecule has 0 unspecified atom stereocenters. The van der Waals surface area contributed by atoms with Gasteiger partial charge in [0, 0.05) is 13.1 Å². The van der Waals surface area contributed by atoms with Gasteiger partial charge in [0.1, 0.15) is 0 Å². The molecule has 100 valence electrons. The Morgan fingerprint density at radius 2 is 2.06 bits per heavy atom. The van der Waals surface area contributed by atoms with Crippen LogP contribution in [0.4, 0.5) is 0 Å². The maximum atomic E-state index is 11.6. The first-order valence-electron chi connectivity index (χ1n) is 6.56. The zero-order valence-corrected chi connectivity index (χ0v) is 11.4. The third-order valence-corrected chi connectivity index (χ3v) is 2.90. The lowest BCUT2D eigenvalue weighted by Crippen LogP contribution is -2.34. The maximum Gasteiger partial charge on any atom is 0.320 e. The molecule has 1 aliphatic rings. The molecule has 0 aromatic rings. The number of carbonyl (C=O) groups is 1. The Balaban J connectivity index is 2.15. The van der Waals surface area contributed by atoms with Crippen molar-refractivity contribution in [3.63, 3.8) is 0 Å². The highest BCUT2D eigenvalue weighted by Gasteiger charge is 2.15. The molecule has 0 aliphatic carbocycles. The van der Waals surface area contributed by atoms with Crippen molar-refractivity contribution >= 4 is 5.97 Å². The van der Waals surface area contributed by atoms with Gasteiger partial charge in [-0.3, -0.25) is 9.69 Å². The van der Waals surface area contributed by atoms with E-state index in [0.29, 0.717) is 13.2 Å². The number of nitrogens with zero attached hydrogens (tertiary/aromatic N) is 1. The molecule has 4 heteroatoms. The summed E-state index contributed by atoms with van der Waals surface area (Å²) in [5, 5.41) is 3.32. The van der Waals surface area contributed by atoms with E-state index in [1.807, 2.05) is 0 Å². The van der Waals surface area contributed by atoms with E-state index in [9.17, 15) is 4.79 Å². The summed E-state index contributed by atoms with van der Waals surface area (Å²) in [6.45, 7) is 11.4. The van der Waals surface area contributed by atoms with Crippen molar-refractivity contribution < 1.29 is 9.53 Å². The minimum atomic E-state index is -0.0869. The lowest BCUT2D eigenvalue weighted by atomic mass is 9.93. The average molecular weight is 242 g/mol. The molecule has 1 fully saturated rings. The highest BCUT2D eigenvalue weighted by molar-refractivity contribution is 5.71. The van der Waals surface area contributed by atoms with Crippen LogP contribution in [0.5, 0.6) is 0 Å². The van der Waals surface area contributed by atoms with Crippen LogP contribution in [0.25, 0.3) is 0 Å². The Labute approximate surface area is 105 Å². The summed E-state index contributed by atoms with van der Waals surface area (Å²) < 4.78 is 5.26. The lowest BCUT2D eigenvalue weighted by molar-refractivity contribution is -0.145. The zero-order chi connectivity index (χ0) is 12.7. The van der Waals surface area contributed by atoms with Crippen LogP contribution in [0.15, 0.2) is 0 Å². The standard InChI is InChI=1S/C13H26N2O2/c1-13(2,3)5-10-17-12(16)11-15-8-4-6-14-7-9-15/h14H,4-11H2,1-3H3. The smallest absolute Gasteiger partial charge is 0.320 e. The fraction of sp³-hybridized carbons (Fsp3) is 0.923. The van der Waals surface area contributed by atoms with Crippen molar-refractivity contribution in [3.05, 3.63) is 0 Å². The molecule has 1 saturated heterocycles. The molecule has 0 atom stereocenters. The minimum absolute atomic E-state index is 0.0869. The summed E-state index contributed by atoms with van der Waals surface area (Å²) in [5.41, 5.74) is 0.229. The van der Waals surface area contributed by atoms with Gasteiger partial charge < -0.3 is 10.1 Å². The van der Waals surface area contributed by atoms with Gasteiger partial charge in [-0.15, -0.1) is 0 Å². The van der Waals surface area contributed by atoms with E-state index in [0.717, 1.165) is 39.0 Å². The monoisotopic (exact) mass is 242 g/mol. The molecular weight excluding hydrogens is 216 g/mol. The number of ether oxygens (including phenoxy) is 1. The van der Waals surface area contributed by atoms with Crippen LogP contribution in [-0.2, 0) is 9.53 Å². The third kappa shape index (κ3) is 7.34. The largest absolute Gasteiger partial charge is 0.465 e. The molecule has 0 aromatic carbocycles. The second kappa shape index (κ2) is 6.97. The van der Waals surface area contributed by atoms with Crippen LogP contribution >= 0.6 is 0 Å². The number of carbonyl (C=O) groups excluding carboxylic acids is 1. The van der Waals surface area contributed by atoms with Crippen LogP contribution in [0.2, 0.25) is 0 Å². The van der Waals surface area contributed by atoms with Crippen molar-refractivity contribution in [1.82, 2.24) is 10.2 Å². The van der Waals surface area contributed by atoms with Gasteiger partial charge in [-0.25, -0.2) is 0 Å². The van der Waals surface area contributed by atoms with Crippen LogP contribution in [0, 0.1) is 5.41 Å². The minimum Gasteiger partial charge on any atom is -0.465 e. The Morgan fingerprint density at radius 3 is 2.76 bits per heavy atom. The molecule has 0 bridgehead atoms. The van der Waals surface area contributed by atoms with Crippen molar-refractivity contribution in [2.75, 3.05) is 39.3 Å². The highest BCUT2D eigenvalue weighted by Crippen LogP contribution is 2.17. The van der Waals surface area contributed by atoms with Gasteiger partial charge >= 0.3 is 5.97 Å². The van der Waals surface area contributed by atoms with E-state index in [2.05, 4.69) is 31.0 Å². The summed E-state index contributed by atoms with van der Waals surface area (Å²) >= 11 is 0. The first-order chi connectivity index (χ1) is 7.97. The molecule has 1 aliphatic heterocycles.